The summed E-state index contributed by atoms with van der Waals surface area (Å²) in [5, 5.41) is 6.00. The maximum atomic E-state index is 12.2. The first-order valence-corrected chi connectivity index (χ1v) is 8.48. The van der Waals surface area contributed by atoms with Crippen molar-refractivity contribution < 1.29 is 4.79 Å². The molecule has 0 saturated heterocycles. The highest BCUT2D eigenvalue weighted by Gasteiger charge is 2.22. The quantitative estimate of drug-likeness (QED) is 0.848. The van der Waals surface area contributed by atoms with Crippen molar-refractivity contribution in [3.63, 3.8) is 0 Å². The fourth-order valence-electron chi connectivity index (χ4n) is 3.15. The predicted octanol–water partition coefficient (Wildman–Crippen LogP) is 4.32. The van der Waals surface area contributed by atoms with Crippen LogP contribution in [0.2, 0.25) is 0 Å². The first kappa shape index (κ1) is 15.6. The van der Waals surface area contributed by atoms with Crippen molar-refractivity contribution >= 4 is 11.7 Å². The first-order chi connectivity index (χ1) is 11.2. The molecule has 0 atom stereocenters. The number of aryl methyl sites for hydroxylation is 1. The van der Waals surface area contributed by atoms with Gasteiger partial charge in [0.1, 0.15) is 0 Å². The first-order valence-electron chi connectivity index (χ1n) is 8.48. The SMILES string of the molecule is CCCCc1ccc(NC(=O)NC2Cc3ccccc3C2)cc1. The Labute approximate surface area is 138 Å². The number of anilines is 1. The molecule has 0 aliphatic heterocycles. The lowest BCUT2D eigenvalue weighted by Crippen LogP contribution is -2.38. The van der Waals surface area contributed by atoms with E-state index in [1.54, 1.807) is 0 Å². The summed E-state index contributed by atoms with van der Waals surface area (Å²) in [5.74, 6) is 0. The van der Waals surface area contributed by atoms with Crippen LogP contribution in [0.15, 0.2) is 48.5 Å². The molecule has 0 aromatic heterocycles. The van der Waals surface area contributed by atoms with Crippen LogP contribution in [0.1, 0.15) is 36.5 Å². The fourth-order valence-corrected chi connectivity index (χ4v) is 3.15. The number of hydrogen-bond acceptors (Lipinski definition) is 1. The lowest BCUT2D eigenvalue weighted by atomic mass is 10.1. The van der Waals surface area contributed by atoms with E-state index in [-0.39, 0.29) is 12.1 Å². The molecular weight excluding hydrogens is 284 g/mol. The minimum absolute atomic E-state index is 0.121. The van der Waals surface area contributed by atoms with Gasteiger partial charge in [0, 0.05) is 11.7 Å². The minimum atomic E-state index is -0.121. The topological polar surface area (TPSA) is 41.1 Å². The summed E-state index contributed by atoms with van der Waals surface area (Å²) in [6.45, 7) is 2.20. The number of hydrogen-bond donors (Lipinski definition) is 2. The monoisotopic (exact) mass is 308 g/mol. The number of carbonyl (C=O) groups is 1. The van der Waals surface area contributed by atoms with Crippen LogP contribution in [0.3, 0.4) is 0 Å². The van der Waals surface area contributed by atoms with E-state index in [0.29, 0.717) is 0 Å². The summed E-state index contributed by atoms with van der Waals surface area (Å²) in [4.78, 5) is 12.2. The smallest absolute Gasteiger partial charge is 0.319 e. The fraction of sp³-hybridized carbons (Fsp3) is 0.350. The van der Waals surface area contributed by atoms with Crippen molar-refractivity contribution in [2.75, 3.05) is 5.32 Å². The van der Waals surface area contributed by atoms with Crippen molar-refractivity contribution in [2.24, 2.45) is 0 Å². The van der Waals surface area contributed by atoms with Crippen molar-refractivity contribution in [3.05, 3.63) is 65.2 Å². The van der Waals surface area contributed by atoms with Crippen LogP contribution in [0, 0.1) is 0 Å². The molecule has 120 valence electrons. The number of carbonyl (C=O) groups excluding carboxylic acids is 1. The normalized spacial score (nSPS) is 13.6. The number of urea groups is 1. The molecular formula is C20H24N2O. The predicted molar refractivity (Wildman–Crippen MR) is 94.8 cm³/mol. The maximum Gasteiger partial charge on any atom is 0.319 e. The highest BCUT2D eigenvalue weighted by Crippen LogP contribution is 2.21. The highest BCUT2D eigenvalue weighted by molar-refractivity contribution is 5.89. The number of nitrogens with one attached hydrogen (secondary N) is 2. The average molecular weight is 308 g/mol. The van der Waals surface area contributed by atoms with Gasteiger partial charge in [0.25, 0.3) is 0 Å². The Morgan fingerprint density at radius 1 is 1.04 bits per heavy atom. The summed E-state index contributed by atoms with van der Waals surface area (Å²) in [7, 11) is 0. The van der Waals surface area contributed by atoms with Crippen molar-refractivity contribution in [2.45, 2.75) is 45.1 Å². The molecule has 1 aliphatic carbocycles. The van der Waals surface area contributed by atoms with E-state index in [0.717, 1.165) is 24.9 Å². The third-order valence-electron chi connectivity index (χ3n) is 4.42. The van der Waals surface area contributed by atoms with Crippen LogP contribution in [-0.2, 0) is 19.3 Å². The Hall–Kier alpha value is -2.29. The number of fused-ring (bicyclic) bond motifs is 1. The lowest BCUT2D eigenvalue weighted by Gasteiger charge is -2.13. The molecule has 0 saturated carbocycles. The Kier molecular flexibility index (Phi) is 4.96. The Bertz CT molecular complexity index is 639. The van der Waals surface area contributed by atoms with Crippen molar-refractivity contribution in [3.8, 4) is 0 Å². The lowest BCUT2D eigenvalue weighted by molar-refractivity contribution is 0.249. The van der Waals surface area contributed by atoms with Crippen LogP contribution in [0.25, 0.3) is 0 Å². The maximum absolute atomic E-state index is 12.2. The van der Waals surface area contributed by atoms with Crippen LogP contribution in [0.5, 0.6) is 0 Å². The number of unbranched alkanes of at least 4 members (excludes halogenated alkanes) is 1. The molecule has 3 rings (SSSR count). The molecule has 3 nitrogen and oxygen atoms in total. The summed E-state index contributed by atoms with van der Waals surface area (Å²) in [6.07, 6.45) is 5.34. The number of amides is 2. The molecule has 23 heavy (non-hydrogen) atoms. The summed E-state index contributed by atoms with van der Waals surface area (Å²) >= 11 is 0. The van der Waals surface area contributed by atoms with Gasteiger partial charge in [0.15, 0.2) is 0 Å². The van der Waals surface area contributed by atoms with Gasteiger partial charge in [-0.1, -0.05) is 49.7 Å². The zero-order valence-corrected chi connectivity index (χ0v) is 13.6. The third-order valence-corrected chi connectivity index (χ3v) is 4.42. The van der Waals surface area contributed by atoms with E-state index in [4.69, 9.17) is 0 Å². The highest BCUT2D eigenvalue weighted by atomic mass is 16.2. The summed E-state index contributed by atoms with van der Waals surface area (Å²) in [5.41, 5.74) is 4.86. The Morgan fingerprint density at radius 2 is 1.70 bits per heavy atom. The van der Waals surface area contributed by atoms with E-state index >= 15 is 0 Å². The van der Waals surface area contributed by atoms with Crippen molar-refractivity contribution in [1.29, 1.82) is 0 Å². The van der Waals surface area contributed by atoms with E-state index in [2.05, 4.69) is 54.0 Å². The number of benzene rings is 2. The zero-order chi connectivity index (χ0) is 16.1. The Balaban J connectivity index is 1.50. The zero-order valence-electron chi connectivity index (χ0n) is 13.6. The van der Waals surface area contributed by atoms with Gasteiger partial charge in [-0.15, -0.1) is 0 Å². The van der Waals surface area contributed by atoms with Gasteiger partial charge in [-0.3, -0.25) is 0 Å². The number of rotatable bonds is 5. The van der Waals surface area contributed by atoms with Crippen LogP contribution in [0.4, 0.5) is 10.5 Å². The van der Waals surface area contributed by atoms with Gasteiger partial charge < -0.3 is 10.6 Å². The molecule has 0 heterocycles. The van der Waals surface area contributed by atoms with Gasteiger partial charge in [-0.05, 0) is 54.5 Å². The van der Waals surface area contributed by atoms with Crippen LogP contribution >= 0.6 is 0 Å². The molecule has 2 N–H and O–H groups in total. The average Bonchev–Trinajstić information content (AvgIpc) is 2.96. The molecule has 0 radical (unpaired) electrons. The molecule has 2 amide bonds. The van der Waals surface area contributed by atoms with Gasteiger partial charge >= 0.3 is 6.03 Å². The van der Waals surface area contributed by atoms with E-state index < -0.39 is 0 Å². The molecule has 2 aromatic carbocycles. The second-order valence-electron chi connectivity index (χ2n) is 6.27. The van der Waals surface area contributed by atoms with Gasteiger partial charge in [0.2, 0.25) is 0 Å². The molecule has 0 spiro atoms. The van der Waals surface area contributed by atoms with Gasteiger partial charge in [-0.2, -0.15) is 0 Å². The molecule has 3 heteroatoms. The molecule has 1 aliphatic rings. The van der Waals surface area contributed by atoms with Crippen LogP contribution in [-0.4, -0.2) is 12.1 Å². The molecule has 0 bridgehead atoms. The molecule has 2 aromatic rings. The van der Waals surface area contributed by atoms with Crippen molar-refractivity contribution in [1.82, 2.24) is 5.32 Å². The van der Waals surface area contributed by atoms with E-state index in [1.165, 1.54) is 29.5 Å². The second-order valence-corrected chi connectivity index (χ2v) is 6.27. The third kappa shape index (κ3) is 4.13. The standard InChI is InChI=1S/C20H24N2O/c1-2-3-6-15-9-11-18(12-10-15)21-20(23)22-19-13-16-7-4-5-8-17(16)14-19/h4-5,7-12,19H,2-3,6,13-14H2,1H3,(H2,21,22,23). The van der Waals surface area contributed by atoms with E-state index in [9.17, 15) is 4.79 Å². The van der Waals surface area contributed by atoms with Gasteiger partial charge in [0.05, 0.1) is 0 Å². The summed E-state index contributed by atoms with van der Waals surface area (Å²) in [6, 6.07) is 16.6. The molecule has 0 fully saturated rings. The largest absolute Gasteiger partial charge is 0.334 e. The van der Waals surface area contributed by atoms with E-state index in [1.807, 2.05) is 12.1 Å². The second kappa shape index (κ2) is 7.32. The van der Waals surface area contributed by atoms with Crippen LogP contribution < -0.4 is 10.6 Å². The summed E-state index contributed by atoms with van der Waals surface area (Å²) < 4.78 is 0. The van der Waals surface area contributed by atoms with Gasteiger partial charge in [-0.25, -0.2) is 4.79 Å². The molecule has 0 unspecified atom stereocenters. The minimum Gasteiger partial charge on any atom is -0.334 e. The Morgan fingerprint density at radius 3 is 2.30 bits per heavy atom.